The third kappa shape index (κ3) is 5.19. The van der Waals surface area contributed by atoms with E-state index in [4.69, 9.17) is 4.74 Å². The SMILES string of the molecule is CC(=O)Oc1cccc(NC(=O)N(Cc2ccccc2)c2ccccc2)c1. The smallest absolute Gasteiger partial charge is 0.326 e. The highest BCUT2D eigenvalue weighted by molar-refractivity contribution is 6.01. The summed E-state index contributed by atoms with van der Waals surface area (Å²) < 4.78 is 5.07. The third-order valence-electron chi connectivity index (χ3n) is 3.84. The molecule has 0 saturated heterocycles. The van der Waals surface area contributed by atoms with Gasteiger partial charge in [-0.3, -0.25) is 9.69 Å². The van der Waals surface area contributed by atoms with Crippen molar-refractivity contribution in [1.82, 2.24) is 0 Å². The van der Waals surface area contributed by atoms with Crippen LogP contribution in [0.2, 0.25) is 0 Å². The molecule has 0 spiro atoms. The summed E-state index contributed by atoms with van der Waals surface area (Å²) in [6.07, 6.45) is 0. The van der Waals surface area contributed by atoms with Crippen molar-refractivity contribution in [2.75, 3.05) is 10.2 Å². The lowest BCUT2D eigenvalue weighted by Gasteiger charge is -2.23. The van der Waals surface area contributed by atoms with Gasteiger partial charge in [-0.25, -0.2) is 4.79 Å². The van der Waals surface area contributed by atoms with Crippen LogP contribution in [-0.4, -0.2) is 12.0 Å². The van der Waals surface area contributed by atoms with Crippen LogP contribution in [0.15, 0.2) is 84.9 Å². The van der Waals surface area contributed by atoms with Gasteiger partial charge in [0.1, 0.15) is 5.75 Å². The van der Waals surface area contributed by atoms with Gasteiger partial charge in [-0.05, 0) is 29.8 Å². The van der Waals surface area contributed by atoms with Gasteiger partial charge in [0, 0.05) is 24.4 Å². The molecule has 3 aromatic carbocycles. The number of carbonyl (C=O) groups excluding carboxylic acids is 2. The Balaban J connectivity index is 1.82. The van der Waals surface area contributed by atoms with Crippen LogP contribution >= 0.6 is 0 Å². The topological polar surface area (TPSA) is 58.6 Å². The molecule has 3 rings (SSSR count). The van der Waals surface area contributed by atoms with Crippen LogP contribution in [0.5, 0.6) is 5.75 Å². The number of ether oxygens (including phenoxy) is 1. The number of esters is 1. The summed E-state index contributed by atoms with van der Waals surface area (Å²) in [6, 6.07) is 25.7. The maximum absolute atomic E-state index is 13.0. The molecule has 27 heavy (non-hydrogen) atoms. The molecule has 0 heterocycles. The molecular weight excluding hydrogens is 340 g/mol. The van der Waals surface area contributed by atoms with Crippen LogP contribution in [0.3, 0.4) is 0 Å². The fourth-order valence-electron chi connectivity index (χ4n) is 2.65. The van der Waals surface area contributed by atoms with Gasteiger partial charge in [0.2, 0.25) is 0 Å². The van der Waals surface area contributed by atoms with E-state index in [0.717, 1.165) is 11.3 Å². The van der Waals surface area contributed by atoms with Gasteiger partial charge < -0.3 is 10.1 Å². The molecular formula is C22H20N2O3. The van der Waals surface area contributed by atoms with Gasteiger partial charge >= 0.3 is 12.0 Å². The third-order valence-corrected chi connectivity index (χ3v) is 3.84. The molecule has 1 N–H and O–H groups in total. The normalized spacial score (nSPS) is 10.1. The molecule has 5 nitrogen and oxygen atoms in total. The largest absolute Gasteiger partial charge is 0.427 e. The van der Waals surface area contributed by atoms with E-state index in [1.54, 1.807) is 29.2 Å². The number of urea groups is 1. The zero-order chi connectivity index (χ0) is 19.1. The van der Waals surface area contributed by atoms with Crippen molar-refractivity contribution in [1.29, 1.82) is 0 Å². The standard InChI is InChI=1S/C22H20N2O3/c1-17(25)27-21-14-8-11-19(15-21)23-22(26)24(20-12-6-3-7-13-20)16-18-9-4-2-5-10-18/h2-15H,16H2,1H3,(H,23,26). The molecule has 3 aromatic rings. The summed E-state index contributed by atoms with van der Waals surface area (Å²) in [4.78, 5) is 25.7. The fourth-order valence-corrected chi connectivity index (χ4v) is 2.65. The number of amides is 2. The zero-order valence-electron chi connectivity index (χ0n) is 15.0. The lowest BCUT2D eigenvalue weighted by molar-refractivity contribution is -0.131. The van der Waals surface area contributed by atoms with Crippen molar-refractivity contribution in [3.63, 3.8) is 0 Å². The molecule has 0 aliphatic rings. The number of carbonyl (C=O) groups is 2. The Kier molecular flexibility index (Phi) is 5.84. The minimum absolute atomic E-state index is 0.273. The van der Waals surface area contributed by atoms with E-state index in [1.165, 1.54) is 6.92 Å². The molecule has 2 amide bonds. The second-order valence-electron chi connectivity index (χ2n) is 5.96. The predicted octanol–water partition coefficient (Wildman–Crippen LogP) is 4.85. The van der Waals surface area contributed by atoms with E-state index in [2.05, 4.69) is 5.32 Å². The molecule has 0 unspecified atom stereocenters. The summed E-state index contributed by atoms with van der Waals surface area (Å²) in [6.45, 7) is 1.77. The lowest BCUT2D eigenvalue weighted by Crippen LogP contribution is -2.34. The minimum Gasteiger partial charge on any atom is -0.427 e. The molecule has 0 bridgehead atoms. The van der Waals surface area contributed by atoms with Gasteiger partial charge in [0.25, 0.3) is 0 Å². The number of anilines is 2. The molecule has 136 valence electrons. The van der Waals surface area contributed by atoms with Crippen LogP contribution < -0.4 is 15.0 Å². The molecule has 0 radical (unpaired) electrons. The van der Waals surface area contributed by atoms with E-state index < -0.39 is 5.97 Å². The fraction of sp³-hybridized carbons (Fsp3) is 0.0909. The average Bonchev–Trinajstić information content (AvgIpc) is 2.67. The van der Waals surface area contributed by atoms with E-state index >= 15 is 0 Å². The average molecular weight is 360 g/mol. The highest BCUT2D eigenvalue weighted by atomic mass is 16.5. The second-order valence-corrected chi connectivity index (χ2v) is 5.96. The monoisotopic (exact) mass is 360 g/mol. The Morgan fingerprint density at radius 3 is 2.22 bits per heavy atom. The summed E-state index contributed by atoms with van der Waals surface area (Å²) in [7, 11) is 0. The summed E-state index contributed by atoms with van der Waals surface area (Å²) in [5.74, 6) is -0.0249. The van der Waals surface area contributed by atoms with E-state index in [1.807, 2.05) is 60.7 Å². The number of hydrogen-bond donors (Lipinski definition) is 1. The van der Waals surface area contributed by atoms with E-state index in [9.17, 15) is 9.59 Å². The number of nitrogens with zero attached hydrogens (tertiary/aromatic N) is 1. The van der Waals surface area contributed by atoms with Crippen molar-refractivity contribution in [3.8, 4) is 5.75 Å². The first-order chi connectivity index (χ1) is 13.1. The molecule has 5 heteroatoms. The summed E-state index contributed by atoms with van der Waals surface area (Å²) in [5, 5.41) is 2.87. The zero-order valence-corrected chi connectivity index (χ0v) is 15.0. The van der Waals surface area contributed by atoms with Gasteiger partial charge in [0.05, 0.1) is 6.54 Å². The number of para-hydroxylation sites is 1. The van der Waals surface area contributed by atoms with Crippen molar-refractivity contribution in [2.45, 2.75) is 13.5 Å². The van der Waals surface area contributed by atoms with Crippen molar-refractivity contribution >= 4 is 23.4 Å². The highest BCUT2D eigenvalue weighted by Gasteiger charge is 2.16. The molecule has 0 aliphatic carbocycles. The minimum atomic E-state index is -0.409. The Morgan fingerprint density at radius 1 is 0.889 bits per heavy atom. The van der Waals surface area contributed by atoms with Crippen LogP contribution in [0.1, 0.15) is 12.5 Å². The highest BCUT2D eigenvalue weighted by Crippen LogP contribution is 2.21. The lowest BCUT2D eigenvalue weighted by atomic mass is 10.2. The van der Waals surface area contributed by atoms with Gasteiger partial charge in [-0.1, -0.05) is 54.6 Å². The van der Waals surface area contributed by atoms with Gasteiger partial charge in [0.15, 0.2) is 0 Å². The Hall–Kier alpha value is -3.60. The van der Waals surface area contributed by atoms with Crippen LogP contribution in [-0.2, 0) is 11.3 Å². The quantitative estimate of drug-likeness (QED) is 0.523. The van der Waals surface area contributed by atoms with Crippen molar-refractivity contribution in [2.24, 2.45) is 0 Å². The Labute approximate surface area is 158 Å². The number of hydrogen-bond acceptors (Lipinski definition) is 3. The van der Waals surface area contributed by atoms with Crippen molar-refractivity contribution in [3.05, 3.63) is 90.5 Å². The Morgan fingerprint density at radius 2 is 1.56 bits per heavy atom. The first-order valence-electron chi connectivity index (χ1n) is 8.58. The molecule has 0 saturated carbocycles. The van der Waals surface area contributed by atoms with Crippen molar-refractivity contribution < 1.29 is 14.3 Å². The summed E-state index contributed by atoms with van der Waals surface area (Å²) >= 11 is 0. The van der Waals surface area contributed by atoms with E-state index in [-0.39, 0.29) is 6.03 Å². The molecule has 0 fully saturated rings. The van der Waals surface area contributed by atoms with Crippen LogP contribution in [0.4, 0.5) is 16.2 Å². The number of benzene rings is 3. The molecule has 0 aliphatic heterocycles. The van der Waals surface area contributed by atoms with Gasteiger partial charge in [-0.2, -0.15) is 0 Å². The predicted molar refractivity (Wildman–Crippen MR) is 106 cm³/mol. The molecule has 0 aromatic heterocycles. The van der Waals surface area contributed by atoms with Gasteiger partial charge in [-0.15, -0.1) is 0 Å². The number of rotatable bonds is 5. The first kappa shape index (κ1) is 18.2. The second kappa shape index (κ2) is 8.67. The number of nitrogens with one attached hydrogen (secondary N) is 1. The molecule has 0 atom stereocenters. The Bertz CT molecular complexity index is 911. The van der Waals surface area contributed by atoms with Crippen LogP contribution in [0.25, 0.3) is 0 Å². The first-order valence-corrected chi connectivity index (χ1v) is 8.58. The van der Waals surface area contributed by atoms with Crippen LogP contribution in [0, 0.1) is 0 Å². The van der Waals surface area contributed by atoms with E-state index in [0.29, 0.717) is 18.0 Å². The maximum Gasteiger partial charge on any atom is 0.326 e. The summed E-state index contributed by atoms with van der Waals surface area (Å²) in [5.41, 5.74) is 2.35. The maximum atomic E-state index is 13.0.